The maximum Gasteiger partial charge on any atom is 0.357 e. The summed E-state index contributed by atoms with van der Waals surface area (Å²) in [5.41, 5.74) is -0.0761. The number of oxazole rings is 1. The predicted molar refractivity (Wildman–Crippen MR) is 59.5 cm³/mol. The topological polar surface area (TPSA) is 75.4 Å². The molecule has 0 saturated heterocycles. The minimum absolute atomic E-state index is 0.0761. The van der Waals surface area contributed by atoms with Gasteiger partial charge in [-0.1, -0.05) is 6.92 Å². The summed E-state index contributed by atoms with van der Waals surface area (Å²) in [5.74, 6) is 0.904. The van der Waals surface area contributed by atoms with Crippen molar-refractivity contribution in [3.05, 3.63) is 12.0 Å². The van der Waals surface area contributed by atoms with Crippen LogP contribution in [0.2, 0.25) is 0 Å². The molecule has 0 aromatic carbocycles. The Morgan fingerprint density at radius 2 is 2.53 bits per heavy atom. The number of aromatic nitrogens is 1. The first kappa shape index (κ1) is 11.9. The van der Waals surface area contributed by atoms with Crippen LogP contribution in [-0.4, -0.2) is 33.6 Å². The Hall–Kier alpha value is -1.17. The van der Waals surface area contributed by atoms with Crippen LogP contribution in [0.3, 0.4) is 0 Å². The molecule has 0 radical (unpaired) electrons. The third-order valence-electron chi connectivity index (χ3n) is 1.67. The number of aromatic carboxylic acids is 1. The fraction of sp³-hybridized carbons (Fsp3) is 0.556. The van der Waals surface area contributed by atoms with E-state index in [0.717, 1.165) is 17.8 Å². The third kappa shape index (κ3) is 3.83. The molecule has 6 heteroatoms. The van der Waals surface area contributed by atoms with Gasteiger partial charge in [-0.05, 0) is 12.7 Å². The van der Waals surface area contributed by atoms with Crippen molar-refractivity contribution < 1.29 is 14.3 Å². The summed E-state index contributed by atoms with van der Waals surface area (Å²) < 4.78 is 4.96. The molecule has 1 unspecified atom stereocenters. The molecule has 0 aliphatic heterocycles. The lowest BCUT2D eigenvalue weighted by Gasteiger charge is -2.10. The summed E-state index contributed by atoms with van der Waals surface area (Å²) in [6.07, 6.45) is 1.13. The first-order valence-electron chi connectivity index (χ1n) is 4.66. The highest BCUT2D eigenvalue weighted by molar-refractivity contribution is 7.99. The zero-order valence-electron chi connectivity index (χ0n) is 8.69. The zero-order valence-corrected chi connectivity index (χ0v) is 9.50. The van der Waals surface area contributed by atoms with Gasteiger partial charge < -0.3 is 14.8 Å². The minimum atomic E-state index is -1.08. The van der Waals surface area contributed by atoms with Gasteiger partial charge in [0, 0.05) is 11.8 Å². The minimum Gasteiger partial charge on any atom is -0.476 e. The molecule has 1 heterocycles. The number of nitrogens with one attached hydrogen (secondary N) is 1. The average Bonchev–Trinajstić information content (AvgIpc) is 2.63. The number of thioether (sulfide) groups is 1. The van der Waals surface area contributed by atoms with Gasteiger partial charge in [-0.2, -0.15) is 16.7 Å². The Bertz CT molecular complexity index is 327. The fourth-order valence-corrected chi connectivity index (χ4v) is 1.66. The van der Waals surface area contributed by atoms with Gasteiger partial charge in [0.1, 0.15) is 6.26 Å². The molecule has 1 atom stereocenters. The van der Waals surface area contributed by atoms with E-state index in [0.29, 0.717) is 0 Å². The SMILES string of the molecule is CCSCC(C)Nc1nc(C(=O)O)co1. The lowest BCUT2D eigenvalue weighted by atomic mass is 10.4. The Morgan fingerprint density at radius 1 is 1.80 bits per heavy atom. The first-order valence-corrected chi connectivity index (χ1v) is 5.82. The van der Waals surface area contributed by atoms with E-state index in [2.05, 4.69) is 17.2 Å². The Morgan fingerprint density at radius 3 is 3.07 bits per heavy atom. The maximum atomic E-state index is 10.5. The first-order chi connectivity index (χ1) is 7.13. The summed E-state index contributed by atoms with van der Waals surface area (Å²) in [7, 11) is 0. The van der Waals surface area contributed by atoms with Gasteiger partial charge >= 0.3 is 5.97 Å². The smallest absolute Gasteiger partial charge is 0.357 e. The van der Waals surface area contributed by atoms with Crippen LogP contribution in [0.15, 0.2) is 10.7 Å². The number of carboxylic acids is 1. The molecule has 0 aliphatic carbocycles. The van der Waals surface area contributed by atoms with E-state index in [1.165, 1.54) is 0 Å². The second kappa shape index (κ2) is 5.65. The quantitative estimate of drug-likeness (QED) is 0.777. The highest BCUT2D eigenvalue weighted by Crippen LogP contribution is 2.11. The van der Waals surface area contributed by atoms with Crippen LogP contribution in [0.25, 0.3) is 0 Å². The van der Waals surface area contributed by atoms with Crippen molar-refractivity contribution in [2.45, 2.75) is 19.9 Å². The van der Waals surface area contributed by atoms with Crippen molar-refractivity contribution in [3.63, 3.8) is 0 Å². The standard InChI is InChI=1S/C9H14N2O3S/c1-3-15-5-6(2)10-9-11-7(4-14-9)8(12)13/h4,6H,3,5H2,1-2H3,(H,10,11)(H,12,13). The largest absolute Gasteiger partial charge is 0.476 e. The molecule has 0 saturated carbocycles. The van der Waals surface area contributed by atoms with Crippen LogP contribution in [0.4, 0.5) is 6.01 Å². The van der Waals surface area contributed by atoms with Crippen molar-refractivity contribution in [2.75, 3.05) is 16.8 Å². The third-order valence-corrected chi connectivity index (χ3v) is 2.81. The normalized spacial score (nSPS) is 12.4. The lowest BCUT2D eigenvalue weighted by Crippen LogP contribution is -2.18. The van der Waals surface area contributed by atoms with E-state index < -0.39 is 5.97 Å². The molecular weight excluding hydrogens is 216 g/mol. The van der Waals surface area contributed by atoms with Crippen LogP contribution < -0.4 is 5.32 Å². The summed E-state index contributed by atoms with van der Waals surface area (Å²) in [4.78, 5) is 14.3. The van der Waals surface area contributed by atoms with Crippen molar-refractivity contribution in [3.8, 4) is 0 Å². The van der Waals surface area contributed by atoms with E-state index in [4.69, 9.17) is 9.52 Å². The molecule has 2 N–H and O–H groups in total. The van der Waals surface area contributed by atoms with Gasteiger partial charge in [0.05, 0.1) is 0 Å². The highest BCUT2D eigenvalue weighted by atomic mass is 32.2. The molecule has 1 rings (SSSR count). The summed E-state index contributed by atoms with van der Waals surface area (Å²) in [6, 6.07) is 0.465. The van der Waals surface area contributed by atoms with Gasteiger partial charge in [0.2, 0.25) is 0 Å². The van der Waals surface area contributed by atoms with Crippen LogP contribution in [0, 0.1) is 0 Å². The summed E-state index contributed by atoms with van der Waals surface area (Å²) >= 11 is 1.80. The van der Waals surface area contributed by atoms with Crippen LogP contribution in [0.5, 0.6) is 0 Å². The summed E-state index contributed by atoms with van der Waals surface area (Å²) in [6.45, 7) is 4.08. The van der Waals surface area contributed by atoms with E-state index in [9.17, 15) is 4.79 Å². The number of hydrogen-bond donors (Lipinski definition) is 2. The molecule has 0 spiro atoms. The molecule has 0 fully saturated rings. The molecule has 1 aromatic heterocycles. The van der Waals surface area contributed by atoms with Gasteiger partial charge in [-0.15, -0.1) is 0 Å². The van der Waals surface area contributed by atoms with Gasteiger partial charge in [-0.25, -0.2) is 4.79 Å². The van der Waals surface area contributed by atoms with Crippen molar-refractivity contribution in [1.29, 1.82) is 0 Å². The van der Waals surface area contributed by atoms with Crippen molar-refractivity contribution in [1.82, 2.24) is 4.98 Å². The summed E-state index contributed by atoms with van der Waals surface area (Å²) in [5, 5.41) is 11.6. The molecule has 84 valence electrons. The monoisotopic (exact) mass is 230 g/mol. The Balaban J connectivity index is 2.46. The maximum absolute atomic E-state index is 10.5. The predicted octanol–water partition coefficient (Wildman–Crippen LogP) is 1.93. The van der Waals surface area contributed by atoms with Gasteiger partial charge in [-0.3, -0.25) is 0 Å². The zero-order chi connectivity index (χ0) is 11.3. The van der Waals surface area contributed by atoms with Crippen LogP contribution >= 0.6 is 11.8 Å². The average molecular weight is 230 g/mol. The molecular formula is C9H14N2O3S. The van der Waals surface area contributed by atoms with E-state index in [-0.39, 0.29) is 17.8 Å². The number of rotatable bonds is 6. The van der Waals surface area contributed by atoms with Crippen LogP contribution in [-0.2, 0) is 0 Å². The highest BCUT2D eigenvalue weighted by Gasteiger charge is 2.11. The van der Waals surface area contributed by atoms with Crippen molar-refractivity contribution in [2.24, 2.45) is 0 Å². The molecule has 0 aliphatic rings. The number of carboxylic acid groups (broad SMARTS) is 1. The van der Waals surface area contributed by atoms with Crippen molar-refractivity contribution >= 4 is 23.7 Å². The second-order valence-electron chi connectivity index (χ2n) is 3.05. The Kier molecular flexibility index (Phi) is 4.48. The number of carbonyl (C=O) groups is 1. The van der Waals surface area contributed by atoms with Crippen LogP contribution in [0.1, 0.15) is 24.3 Å². The van der Waals surface area contributed by atoms with E-state index in [1.807, 2.05) is 6.92 Å². The number of nitrogens with zero attached hydrogens (tertiary/aromatic N) is 1. The van der Waals surface area contributed by atoms with Gasteiger partial charge in [0.25, 0.3) is 6.01 Å². The Labute approximate surface area is 92.3 Å². The second-order valence-corrected chi connectivity index (χ2v) is 4.37. The number of anilines is 1. The lowest BCUT2D eigenvalue weighted by molar-refractivity contribution is 0.0690. The fourth-order valence-electron chi connectivity index (χ4n) is 0.985. The molecule has 1 aromatic rings. The molecule has 0 bridgehead atoms. The van der Waals surface area contributed by atoms with Gasteiger partial charge in [0.15, 0.2) is 5.69 Å². The molecule has 0 amide bonds. The van der Waals surface area contributed by atoms with E-state index in [1.54, 1.807) is 11.8 Å². The molecule has 5 nitrogen and oxygen atoms in total. The van der Waals surface area contributed by atoms with E-state index >= 15 is 0 Å². The molecule has 15 heavy (non-hydrogen) atoms. The number of hydrogen-bond acceptors (Lipinski definition) is 5.